The first-order valence-corrected chi connectivity index (χ1v) is 6.68. The Hall–Kier alpha value is -0.680. The molecule has 17 heavy (non-hydrogen) atoms. The summed E-state index contributed by atoms with van der Waals surface area (Å²) >= 11 is 3.41. The summed E-state index contributed by atoms with van der Waals surface area (Å²) in [7, 11) is 1.78. The zero-order valence-electron chi connectivity index (χ0n) is 10.5. The second-order valence-electron chi connectivity index (χ2n) is 4.58. The maximum Gasteiger partial charge on any atom is 0.133 e. The average molecular weight is 300 g/mol. The standard InChI is InChI=1S/C12H18BrN3O/c1-8-4-5-16(7-10(8)17-3)12-6-11(13)14-9(2)15-12/h6,8,10H,4-5,7H2,1-3H3. The largest absolute Gasteiger partial charge is 0.379 e. The Morgan fingerprint density at radius 2 is 2.24 bits per heavy atom. The number of aromatic nitrogens is 2. The van der Waals surface area contributed by atoms with Crippen molar-refractivity contribution in [3.05, 3.63) is 16.5 Å². The Bertz CT molecular complexity index is 379. The van der Waals surface area contributed by atoms with Crippen LogP contribution in [0.5, 0.6) is 0 Å². The molecule has 1 aliphatic heterocycles. The molecule has 1 saturated heterocycles. The molecule has 0 aliphatic carbocycles. The number of ether oxygens (including phenoxy) is 1. The first-order chi connectivity index (χ1) is 8.10. The minimum absolute atomic E-state index is 0.290. The van der Waals surface area contributed by atoms with E-state index in [0.29, 0.717) is 5.92 Å². The van der Waals surface area contributed by atoms with Crippen LogP contribution in [-0.4, -0.2) is 36.3 Å². The third kappa shape index (κ3) is 2.96. The summed E-state index contributed by atoms with van der Waals surface area (Å²) in [6, 6.07) is 1.97. The molecule has 0 N–H and O–H groups in total. The Balaban J connectivity index is 2.17. The van der Waals surface area contributed by atoms with Crippen LogP contribution in [0.2, 0.25) is 0 Å². The fraction of sp³-hybridized carbons (Fsp3) is 0.667. The SMILES string of the molecule is COC1CN(c2cc(Br)nc(C)n2)CCC1C. The topological polar surface area (TPSA) is 38.2 Å². The fourth-order valence-corrected chi connectivity index (χ4v) is 2.69. The lowest BCUT2D eigenvalue weighted by molar-refractivity contribution is 0.0496. The van der Waals surface area contributed by atoms with Gasteiger partial charge in [-0.1, -0.05) is 6.92 Å². The van der Waals surface area contributed by atoms with Crippen molar-refractivity contribution in [2.24, 2.45) is 5.92 Å². The summed E-state index contributed by atoms with van der Waals surface area (Å²) in [6.45, 7) is 6.09. The number of piperidine rings is 1. The molecule has 0 radical (unpaired) electrons. The summed E-state index contributed by atoms with van der Waals surface area (Å²) in [5.74, 6) is 2.39. The van der Waals surface area contributed by atoms with Gasteiger partial charge in [0.2, 0.25) is 0 Å². The normalized spacial score (nSPS) is 25.1. The molecule has 94 valence electrons. The number of methoxy groups -OCH3 is 1. The number of hydrogen-bond acceptors (Lipinski definition) is 4. The van der Waals surface area contributed by atoms with Crippen LogP contribution in [0.25, 0.3) is 0 Å². The molecular weight excluding hydrogens is 282 g/mol. The van der Waals surface area contributed by atoms with Crippen molar-refractivity contribution in [3.8, 4) is 0 Å². The van der Waals surface area contributed by atoms with E-state index in [9.17, 15) is 0 Å². The van der Waals surface area contributed by atoms with Gasteiger partial charge in [-0.05, 0) is 35.2 Å². The molecule has 2 unspecified atom stereocenters. The highest BCUT2D eigenvalue weighted by Gasteiger charge is 2.26. The van der Waals surface area contributed by atoms with E-state index in [-0.39, 0.29) is 6.10 Å². The average Bonchev–Trinajstić information content (AvgIpc) is 2.28. The molecule has 1 aromatic rings. The number of anilines is 1. The van der Waals surface area contributed by atoms with E-state index in [1.165, 1.54) is 0 Å². The zero-order chi connectivity index (χ0) is 12.4. The second-order valence-corrected chi connectivity index (χ2v) is 5.39. The smallest absolute Gasteiger partial charge is 0.133 e. The number of hydrogen-bond donors (Lipinski definition) is 0. The van der Waals surface area contributed by atoms with Gasteiger partial charge in [-0.15, -0.1) is 0 Å². The highest BCUT2D eigenvalue weighted by atomic mass is 79.9. The molecule has 0 spiro atoms. The quantitative estimate of drug-likeness (QED) is 0.786. The van der Waals surface area contributed by atoms with Gasteiger partial charge in [-0.25, -0.2) is 9.97 Å². The molecule has 0 aromatic carbocycles. The first kappa shape index (κ1) is 12.8. The molecule has 2 atom stereocenters. The van der Waals surface area contributed by atoms with E-state index in [4.69, 9.17) is 4.74 Å². The van der Waals surface area contributed by atoms with Gasteiger partial charge in [0.05, 0.1) is 6.10 Å². The highest BCUT2D eigenvalue weighted by molar-refractivity contribution is 9.10. The van der Waals surface area contributed by atoms with Crippen LogP contribution in [0.15, 0.2) is 10.7 Å². The molecule has 4 nitrogen and oxygen atoms in total. The molecule has 0 saturated carbocycles. The van der Waals surface area contributed by atoms with Crippen molar-refractivity contribution in [3.63, 3.8) is 0 Å². The molecule has 0 bridgehead atoms. The van der Waals surface area contributed by atoms with E-state index >= 15 is 0 Å². The van der Waals surface area contributed by atoms with Crippen molar-refractivity contribution in [1.82, 2.24) is 9.97 Å². The van der Waals surface area contributed by atoms with Crippen molar-refractivity contribution < 1.29 is 4.74 Å². The zero-order valence-corrected chi connectivity index (χ0v) is 12.1. The molecule has 2 heterocycles. The molecule has 2 rings (SSSR count). The van der Waals surface area contributed by atoms with Crippen LogP contribution < -0.4 is 4.90 Å². The predicted molar refractivity (Wildman–Crippen MR) is 71.3 cm³/mol. The molecule has 1 aromatic heterocycles. The lowest BCUT2D eigenvalue weighted by Gasteiger charge is -2.36. The van der Waals surface area contributed by atoms with Crippen LogP contribution in [0, 0.1) is 12.8 Å². The van der Waals surface area contributed by atoms with Gasteiger partial charge in [-0.2, -0.15) is 0 Å². The van der Waals surface area contributed by atoms with Crippen molar-refractivity contribution in [1.29, 1.82) is 0 Å². The monoisotopic (exact) mass is 299 g/mol. The lowest BCUT2D eigenvalue weighted by Crippen LogP contribution is -2.44. The maximum atomic E-state index is 5.52. The van der Waals surface area contributed by atoms with E-state index in [0.717, 1.165) is 35.8 Å². The minimum atomic E-state index is 0.290. The number of rotatable bonds is 2. The Morgan fingerprint density at radius 1 is 1.47 bits per heavy atom. The van der Waals surface area contributed by atoms with Crippen LogP contribution in [0.1, 0.15) is 19.2 Å². The summed E-state index contributed by atoms with van der Waals surface area (Å²) in [5, 5.41) is 0. The molecule has 5 heteroatoms. The van der Waals surface area contributed by atoms with Crippen molar-refractivity contribution in [2.45, 2.75) is 26.4 Å². The van der Waals surface area contributed by atoms with Gasteiger partial charge in [-0.3, -0.25) is 0 Å². The lowest BCUT2D eigenvalue weighted by atomic mass is 9.96. The second kappa shape index (κ2) is 5.31. The first-order valence-electron chi connectivity index (χ1n) is 5.89. The number of aryl methyl sites for hydroxylation is 1. The van der Waals surface area contributed by atoms with Gasteiger partial charge in [0.15, 0.2) is 0 Å². The predicted octanol–water partition coefficient (Wildman–Crippen LogP) is 2.41. The summed E-state index contributed by atoms with van der Waals surface area (Å²) < 4.78 is 6.36. The number of nitrogens with zero attached hydrogens (tertiary/aromatic N) is 3. The van der Waals surface area contributed by atoms with Gasteiger partial charge in [0.25, 0.3) is 0 Å². The fourth-order valence-electron chi connectivity index (χ4n) is 2.23. The molecule has 0 amide bonds. The van der Waals surface area contributed by atoms with E-state index in [1.54, 1.807) is 7.11 Å². The molecule has 1 aliphatic rings. The summed E-state index contributed by atoms with van der Waals surface area (Å²) in [6.07, 6.45) is 1.43. The van der Waals surface area contributed by atoms with E-state index in [1.807, 2.05) is 13.0 Å². The minimum Gasteiger partial charge on any atom is -0.379 e. The van der Waals surface area contributed by atoms with Gasteiger partial charge < -0.3 is 9.64 Å². The molecule has 1 fully saturated rings. The Labute approximate surface area is 111 Å². The highest BCUT2D eigenvalue weighted by Crippen LogP contribution is 2.24. The third-order valence-corrected chi connectivity index (χ3v) is 3.72. The maximum absolute atomic E-state index is 5.52. The van der Waals surface area contributed by atoms with Gasteiger partial charge in [0, 0.05) is 26.3 Å². The van der Waals surface area contributed by atoms with Crippen LogP contribution in [0.3, 0.4) is 0 Å². The number of halogens is 1. The van der Waals surface area contributed by atoms with Crippen LogP contribution >= 0.6 is 15.9 Å². The van der Waals surface area contributed by atoms with Crippen LogP contribution in [-0.2, 0) is 4.74 Å². The summed E-state index contributed by atoms with van der Waals surface area (Å²) in [5.41, 5.74) is 0. The summed E-state index contributed by atoms with van der Waals surface area (Å²) in [4.78, 5) is 11.0. The van der Waals surface area contributed by atoms with Crippen molar-refractivity contribution in [2.75, 3.05) is 25.1 Å². The van der Waals surface area contributed by atoms with Gasteiger partial charge in [0.1, 0.15) is 16.2 Å². The Kier molecular flexibility index (Phi) is 3.99. The van der Waals surface area contributed by atoms with Crippen molar-refractivity contribution >= 4 is 21.7 Å². The third-order valence-electron chi connectivity index (χ3n) is 3.31. The van der Waals surface area contributed by atoms with E-state index < -0.39 is 0 Å². The molecular formula is C12H18BrN3O. The van der Waals surface area contributed by atoms with E-state index in [2.05, 4.69) is 37.7 Å². The Morgan fingerprint density at radius 3 is 2.88 bits per heavy atom. The van der Waals surface area contributed by atoms with Crippen LogP contribution in [0.4, 0.5) is 5.82 Å². The van der Waals surface area contributed by atoms with Gasteiger partial charge >= 0.3 is 0 Å².